The zero-order chi connectivity index (χ0) is 13.2. The molecular weight excluding hydrogens is 264 g/mol. The summed E-state index contributed by atoms with van der Waals surface area (Å²) in [7, 11) is 0. The van der Waals surface area contributed by atoms with Gasteiger partial charge >= 0.3 is 5.97 Å². The van der Waals surface area contributed by atoms with Crippen LogP contribution in [-0.4, -0.2) is 29.8 Å². The molecule has 0 unspecified atom stereocenters. The van der Waals surface area contributed by atoms with Gasteiger partial charge in [-0.05, 0) is 17.7 Å². The van der Waals surface area contributed by atoms with Crippen LogP contribution in [0.4, 0.5) is 0 Å². The summed E-state index contributed by atoms with van der Waals surface area (Å²) in [5.74, 6) is 1.86. The van der Waals surface area contributed by atoms with Gasteiger partial charge in [0.25, 0.3) is 0 Å². The van der Waals surface area contributed by atoms with Gasteiger partial charge in [0, 0.05) is 17.1 Å². The van der Waals surface area contributed by atoms with E-state index in [0.29, 0.717) is 17.9 Å². The highest BCUT2D eigenvalue weighted by Gasteiger charge is 2.05. The van der Waals surface area contributed by atoms with Gasteiger partial charge in [0.2, 0.25) is 0 Å². The zero-order valence-electron chi connectivity index (χ0n) is 10.3. The van der Waals surface area contributed by atoms with E-state index in [2.05, 4.69) is 31.3 Å². The Bertz CT molecular complexity index is 377. The first kappa shape index (κ1) is 15.2. The van der Waals surface area contributed by atoms with Crippen molar-refractivity contribution >= 4 is 30.4 Å². The number of thioether (sulfide) groups is 1. The minimum Gasteiger partial charge on any atom is -0.461 e. The summed E-state index contributed by atoms with van der Waals surface area (Å²) < 4.78 is 5.04. The van der Waals surface area contributed by atoms with Gasteiger partial charge < -0.3 is 4.74 Å². The normalized spacial score (nSPS) is 10.1. The molecule has 0 aromatic heterocycles. The number of carbonyl (C=O) groups excluding carboxylic acids is 1. The highest BCUT2D eigenvalue weighted by atomic mass is 32.2. The second kappa shape index (κ2) is 9.11. The third-order valence-electron chi connectivity index (χ3n) is 2.32. The molecule has 0 aliphatic carbocycles. The monoisotopic (exact) mass is 282 g/mol. The molecule has 18 heavy (non-hydrogen) atoms. The van der Waals surface area contributed by atoms with E-state index in [0.717, 1.165) is 17.9 Å². The SMILES string of the molecule is C=C(CS)C(=O)OCCSCCc1ccccc1. The molecule has 1 rings (SSSR count). The maximum atomic E-state index is 11.2. The van der Waals surface area contributed by atoms with Crippen LogP contribution in [-0.2, 0) is 16.0 Å². The number of thiol groups is 1. The topological polar surface area (TPSA) is 26.3 Å². The van der Waals surface area contributed by atoms with E-state index in [1.807, 2.05) is 18.2 Å². The fourth-order valence-corrected chi connectivity index (χ4v) is 2.21. The Balaban J connectivity index is 2.03. The Morgan fingerprint density at radius 2 is 2.00 bits per heavy atom. The fourth-order valence-electron chi connectivity index (χ4n) is 1.30. The van der Waals surface area contributed by atoms with E-state index in [4.69, 9.17) is 4.74 Å². The average molecular weight is 282 g/mol. The van der Waals surface area contributed by atoms with Crippen molar-refractivity contribution in [3.8, 4) is 0 Å². The lowest BCUT2D eigenvalue weighted by Crippen LogP contribution is -2.10. The first-order valence-electron chi connectivity index (χ1n) is 5.81. The quantitative estimate of drug-likeness (QED) is 0.344. The summed E-state index contributed by atoms with van der Waals surface area (Å²) in [5.41, 5.74) is 1.75. The number of carbonyl (C=O) groups is 1. The Morgan fingerprint density at radius 3 is 2.67 bits per heavy atom. The second-order valence-electron chi connectivity index (χ2n) is 3.75. The highest BCUT2D eigenvalue weighted by Crippen LogP contribution is 2.07. The van der Waals surface area contributed by atoms with Crippen molar-refractivity contribution < 1.29 is 9.53 Å². The molecule has 0 bridgehead atoms. The standard InChI is InChI=1S/C14H18O2S2/c1-12(11-17)14(15)16-8-10-18-9-7-13-5-3-2-4-6-13/h2-6,17H,1,7-11H2. The number of ether oxygens (including phenoxy) is 1. The summed E-state index contributed by atoms with van der Waals surface area (Å²) in [6, 6.07) is 10.4. The van der Waals surface area contributed by atoms with Gasteiger partial charge in [0.1, 0.15) is 6.61 Å². The van der Waals surface area contributed by atoms with Gasteiger partial charge in [0.05, 0.1) is 0 Å². The number of aryl methyl sites for hydroxylation is 1. The van der Waals surface area contributed by atoms with Crippen molar-refractivity contribution in [2.75, 3.05) is 23.9 Å². The minimum absolute atomic E-state index is 0.339. The van der Waals surface area contributed by atoms with E-state index in [-0.39, 0.29) is 5.97 Å². The third kappa shape index (κ3) is 6.17. The molecule has 1 aromatic carbocycles. The summed E-state index contributed by atoms with van der Waals surface area (Å²) in [6.45, 7) is 4.01. The molecule has 1 aromatic rings. The highest BCUT2D eigenvalue weighted by molar-refractivity contribution is 7.99. The Labute approximate surface area is 118 Å². The van der Waals surface area contributed by atoms with Crippen LogP contribution < -0.4 is 0 Å². The average Bonchev–Trinajstić information content (AvgIpc) is 2.42. The predicted molar refractivity (Wildman–Crippen MR) is 81.4 cm³/mol. The number of hydrogen-bond donors (Lipinski definition) is 1. The van der Waals surface area contributed by atoms with Crippen molar-refractivity contribution in [3.05, 3.63) is 48.0 Å². The first-order valence-corrected chi connectivity index (χ1v) is 7.60. The van der Waals surface area contributed by atoms with Gasteiger partial charge in [-0.3, -0.25) is 0 Å². The molecule has 0 heterocycles. The number of rotatable bonds is 8. The maximum Gasteiger partial charge on any atom is 0.334 e. The van der Waals surface area contributed by atoms with Crippen LogP contribution >= 0.6 is 24.4 Å². The first-order chi connectivity index (χ1) is 8.74. The molecule has 0 fully saturated rings. The van der Waals surface area contributed by atoms with Crippen molar-refractivity contribution in [2.24, 2.45) is 0 Å². The van der Waals surface area contributed by atoms with Crippen LogP contribution in [0.25, 0.3) is 0 Å². The van der Waals surface area contributed by atoms with Gasteiger partial charge in [-0.1, -0.05) is 36.9 Å². The van der Waals surface area contributed by atoms with E-state index in [9.17, 15) is 4.79 Å². The molecule has 0 N–H and O–H groups in total. The van der Waals surface area contributed by atoms with Crippen molar-refractivity contribution in [3.63, 3.8) is 0 Å². The number of hydrogen-bond acceptors (Lipinski definition) is 4. The fraction of sp³-hybridized carbons (Fsp3) is 0.357. The maximum absolute atomic E-state index is 11.2. The van der Waals surface area contributed by atoms with Crippen molar-refractivity contribution in [2.45, 2.75) is 6.42 Å². The molecule has 0 saturated heterocycles. The lowest BCUT2D eigenvalue weighted by molar-refractivity contribution is -0.138. The molecule has 0 amide bonds. The van der Waals surface area contributed by atoms with Crippen LogP contribution in [0.3, 0.4) is 0 Å². The lowest BCUT2D eigenvalue weighted by atomic mass is 10.2. The van der Waals surface area contributed by atoms with Crippen molar-refractivity contribution in [1.29, 1.82) is 0 Å². The molecule has 4 heteroatoms. The van der Waals surface area contributed by atoms with Crippen LogP contribution in [0.15, 0.2) is 42.5 Å². The van der Waals surface area contributed by atoms with Gasteiger partial charge in [-0.25, -0.2) is 4.79 Å². The lowest BCUT2D eigenvalue weighted by Gasteiger charge is -2.05. The second-order valence-corrected chi connectivity index (χ2v) is 5.29. The molecule has 0 aliphatic rings. The van der Waals surface area contributed by atoms with Gasteiger partial charge in [-0.2, -0.15) is 24.4 Å². The molecule has 0 saturated carbocycles. The minimum atomic E-state index is -0.339. The van der Waals surface area contributed by atoms with Gasteiger partial charge in [0.15, 0.2) is 0 Å². The van der Waals surface area contributed by atoms with E-state index < -0.39 is 0 Å². The molecule has 2 nitrogen and oxygen atoms in total. The molecule has 0 spiro atoms. The van der Waals surface area contributed by atoms with E-state index in [1.165, 1.54) is 5.56 Å². The van der Waals surface area contributed by atoms with Crippen molar-refractivity contribution in [1.82, 2.24) is 0 Å². The number of benzene rings is 1. The van der Waals surface area contributed by atoms with Crippen LogP contribution in [0.2, 0.25) is 0 Å². The summed E-state index contributed by atoms with van der Waals surface area (Å²) in [5, 5.41) is 0. The summed E-state index contributed by atoms with van der Waals surface area (Å²) >= 11 is 5.75. The number of esters is 1. The summed E-state index contributed by atoms with van der Waals surface area (Å²) in [4.78, 5) is 11.2. The largest absolute Gasteiger partial charge is 0.461 e. The van der Waals surface area contributed by atoms with Gasteiger partial charge in [-0.15, -0.1) is 0 Å². The van der Waals surface area contributed by atoms with Crippen LogP contribution in [0.5, 0.6) is 0 Å². The predicted octanol–water partition coefficient (Wildman–Crippen LogP) is 2.99. The summed E-state index contributed by atoms with van der Waals surface area (Å²) in [6.07, 6.45) is 1.04. The van der Waals surface area contributed by atoms with Crippen LogP contribution in [0.1, 0.15) is 5.56 Å². The van der Waals surface area contributed by atoms with Crippen LogP contribution in [0, 0.1) is 0 Å². The Morgan fingerprint density at radius 1 is 1.28 bits per heavy atom. The smallest absolute Gasteiger partial charge is 0.334 e. The molecule has 0 radical (unpaired) electrons. The van der Waals surface area contributed by atoms with E-state index in [1.54, 1.807) is 11.8 Å². The molecule has 0 atom stereocenters. The van der Waals surface area contributed by atoms with E-state index >= 15 is 0 Å². The third-order valence-corrected chi connectivity index (χ3v) is 3.65. The molecular formula is C14H18O2S2. The Kier molecular flexibility index (Phi) is 7.69. The molecule has 0 aliphatic heterocycles. The zero-order valence-corrected chi connectivity index (χ0v) is 12.0. The molecule has 98 valence electrons. The Hall–Kier alpha value is -0.870.